The van der Waals surface area contributed by atoms with Gasteiger partial charge in [0.25, 0.3) is 0 Å². The van der Waals surface area contributed by atoms with Crippen LogP contribution in [0.2, 0.25) is 0 Å². The zero-order valence-corrected chi connectivity index (χ0v) is 11.8. The molecule has 1 aromatic carbocycles. The Labute approximate surface area is 117 Å². The minimum Gasteiger partial charge on any atom is -0.505 e. The Balaban J connectivity index is 2.53. The molecule has 20 heavy (non-hydrogen) atoms. The van der Waals surface area contributed by atoms with E-state index in [9.17, 15) is 15.0 Å². The van der Waals surface area contributed by atoms with Gasteiger partial charge in [-0.2, -0.15) is 0 Å². The van der Waals surface area contributed by atoms with Crippen molar-refractivity contribution in [1.82, 2.24) is 4.90 Å². The number of anilines is 2. The summed E-state index contributed by atoms with van der Waals surface area (Å²) < 4.78 is 5.07. The van der Waals surface area contributed by atoms with Crippen LogP contribution in [0.5, 0.6) is 5.75 Å². The predicted octanol–water partition coefficient (Wildman–Crippen LogP) is 0.945. The summed E-state index contributed by atoms with van der Waals surface area (Å²) in [6.07, 6.45) is 0. The first-order valence-electron chi connectivity index (χ1n) is 6.20. The fourth-order valence-corrected chi connectivity index (χ4v) is 2.32. The second kappa shape index (κ2) is 5.56. The number of fused-ring (bicyclic) bond motifs is 1. The van der Waals surface area contributed by atoms with E-state index in [1.54, 1.807) is 13.2 Å². The molecule has 0 saturated carbocycles. The van der Waals surface area contributed by atoms with Crippen LogP contribution in [0, 0.1) is 0 Å². The smallest absolute Gasteiger partial charge is 0.336 e. The second-order valence-corrected chi connectivity index (χ2v) is 4.98. The maximum absolute atomic E-state index is 11.4. The highest BCUT2D eigenvalue weighted by Gasteiger charge is 2.28. The van der Waals surface area contributed by atoms with Crippen molar-refractivity contribution in [2.24, 2.45) is 0 Å². The first-order valence-corrected chi connectivity index (χ1v) is 6.20. The summed E-state index contributed by atoms with van der Waals surface area (Å²) in [6, 6.07) is 1.58. The van der Waals surface area contributed by atoms with Gasteiger partial charge in [-0.05, 0) is 20.2 Å². The Morgan fingerprint density at radius 2 is 2.25 bits per heavy atom. The third-order valence-corrected chi connectivity index (χ3v) is 3.16. The number of methoxy groups -OCH3 is 1. The summed E-state index contributed by atoms with van der Waals surface area (Å²) in [5, 5.41) is 22.8. The fraction of sp³-hybridized carbons (Fsp3) is 0.462. The topological polar surface area (TPSA) is 85.3 Å². The molecule has 110 valence electrons. The molecule has 0 amide bonds. The van der Waals surface area contributed by atoms with Gasteiger partial charge in [-0.1, -0.05) is 0 Å². The van der Waals surface area contributed by atoms with Gasteiger partial charge in [0.2, 0.25) is 0 Å². The Kier molecular flexibility index (Phi) is 4.01. The second-order valence-electron chi connectivity index (χ2n) is 4.98. The van der Waals surface area contributed by atoms with Crippen molar-refractivity contribution in [2.75, 3.05) is 44.8 Å². The average Bonchev–Trinajstić information content (AvgIpc) is 2.76. The standard InChI is InChI=1S/C13H19N3O4/c1-15(2)5-9-8(13(18)19)4-10-11(12(9)17)14-6-16(10)7-20-3/h4,14,17H,5-7H2,1-3H3,(H,18,19). The van der Waals surface area contributed by atoms with Gasteiger partial charge < -0.3 is 30.1 Å². The molecule has 1 aromatic rings. The number of carboxylic acid groups (broad SMARTS) is 1. The monoisotopic (exact) mass is 281 g/mol. The van der Waals surface area contributed by atoms with Crippen molar-refractivity contribution < 1.29 is 19.7 Å². The molecule has 3 N–H and O–H groups in total. The Morgan fingerprint density at radius 1 is 1.55 bits per heavy atom. The molecule has 0 aliphatic carbocycles. The lowest BCUT2D eigenvalue weighted by Crippen LogP contribution is -2.25. The van der Waals surface area contributed by atoms with Gasteiger partial charge >= 0.3 is 5.97 Å². The van der Waals surface area contributed by atoms with Gasteiger partial charge in [0, 0.05) is 19.2 Å². The first kappa shape index (κ1) is 14.4. The van der Waals surface area contributed by atoms with Crippen molar-refractivity contribution in [3.8, 4) is 5.75 Å². The number of hydrogen-bond donors (Lipinski definition) is 3. The van der Waals surface area contributed by atoms with Crippen LogP contribution in [-0.4, -0.2) is 55.7 Å². The summed E-state index contributed by atoms with van der Waals surface area (Å²) in [5.41, 5.74) is 1.72. The molecule has 0 aromatic heterocycles. The van der Waals surface area contributed by atoms with E-state index in [4.69, 9.17) is 4.74 Å². The van der Waals surface area contributed by atoms with E-state index in [-0.39, 0.29) is 11.3 Å². The van der Waals surface area contributed by atoms with Crippen LogP contribution in [-0.2, 0) is 11.3 Å². The molecule has 0 fully saturated rings. The molecule has 0 radical (unpaired) electrons. The molecule has 0 atom stereocenters. The van der Waals surface area contributed by atoms with Crippen molar-refractivity contribution in [1.29, 1.82) is 0 Å². The fourth-order valence-electron chi connectivity index (χ4n) is 2.32. The van der Waals surface area contributed by atoms with Crippen LogP contribution in [0.15, 0.2) is 6.07 Å². The van der Waals surface area contributed by atoms with E-state index in [0.29, 0.717) is 36.9 Å². The van der Waals surface area contributed by atoms with Gasteiger partial charge in [0.15, 0.2) is 0 Å². The average molecular weight is 281 g/mol. The number of phenols is 1. The highest BCUT2D eigenvalue weighted by Crippen LogP contribution is 2.43. The molecule has 0 spiro atoms. The molecule has 0 saturated heterocycles. The molecule has 0 unspecified atom stereocenters. The summed E-state index contributed by atoms with van der Waals surface area (Å²) in [6.45, 7) is 1.15. The number of phenolic OH excluding ortho intramolecular Hbond substituents is 1. The van der Waals surface area contributed by atoms with Crippen molar-refractivity contribution in [3.63, 3.8) is 0 Å². The van der Waals surface area contributed by atoms with Crippen molar-refractivity contribution in [3.05, 3.63) is 17.2 Å². The third-order valence-electron chi connectivity index (χ3n) is 3.16. The summed E-state index contributed by atoms with van der Waals surface area (Å²) in [4.78, 5) is 15.1. The molecule has 7 nitrogen and oxygen atoms in total. The Hall–Kier alpha value is -1.99. The lowest BCUT2D eigenvalue weighted by molar-refractivity contribution is 0.0694. The largest absolute Gasteiger partial charge is 0.505 e. The number of rotatable bonds is 5. The number of nitrogens with one attached hydrogen (secondary N) is 1. The van der Waals surface area contributed by atoms with Crippen molar-refractivity contribution in [2.45, 2.75) is 6.54 Å². The van der Waals surface area contributed by atoms with E-state index in [2.05, 4.69) is 5.32 Å². The minimum absolute atomic E-state index is 0.00722. The Bertz CT molecular complexity index is 531. The minimum atomic E-state index is -1.05. The van der Waals surface area contributed by atoms with Crippen LogP contribution >= 0.6 is 0 Å². The maximum atomic E-state index is 11.4. The van der Waals surface area contributed by atoms with Crippen LogP contribution in [0.3, 0.4) is 0 Å². The number of aromatic hydroxyl groups is 1. The summed E-state index contributed by atoms with van der Waals surface area (Å²) in [7, 11) is 5.21. The van der Waals surface area contributed by atoms with Crippen LogP contribution in [0.25, 0.3) is 0 Å². The first-order chi connectivity index (χ1) is 9.45. The van der Waals surface area contributed by atoms with E-state index in [1.807, 2.05) is 23.9 Å². The number of carbonyl (C=O) groups is 1. The third kappa shape index (κ3) is 2.50. The number of nitrogens with zero attached hydrogens (tertiary/aromatic N) is 2. The highest BCUT2D eigenvalue weighted by atomic mass is 16.5. The number of carboxylic acids is 1. The normalized spacial score (nSPS) is 13.5. The number of ether oxygens (including phenoxy) is 1. The molecule has 1 aliphatic heterocycles. The molecule has 2 rings (SSSR count). The summed E-state index contributed by atoms with van der Waals surface area (Å²) >= 11 is 0. The van der Waals surface area contributed by atoms with E-state index < -0.39 is 5.97 Å². The number of benzene rings is 1. The predicted molar refractivity (Wildman–Crippen MR) is 75.3 cm³/mol. The van der Waals surface area contributed by atoms with Gasteiger partial charge in [0.1, 0.15) is 18.2 Å². The van der Waals surface area contributed by atoms with Crippen LogP contribution in [0.4, 0.5) is 11.4 Å². The molecular formula is C13H19N3O4. The van der Waals surface area contributed by atoms with Crippen LogP contribution < -0.4 is 10.2 Å². The van der Waals surface area contributed by atoms with Gasteiger partial charge in [-0.15, -0.1) is 0 Å². The SMILES string of the molecule is COCN1CNc2c1cc(C(=O)O)c(CN(C)C)c2O. The van der Waals surface area contributed by atoms with E-state index >= 15 is 0 Å². The van der Waals surface area contributed by atoms with Crippen molar-refractivity contribution >= 4 is 17.3 Å². The summed E-state index contributed by atoms with van der Waals surface area (Å²) in [5.74, 6) is -1.06. The lowest BCUT2D eigenvalue weighted by Gasteiger charge is -2.19. The highest BCUT2D eigenvalue weighted by molar-refractivity contribution is 5.96. The molecule has 7 heteroatoms. The van der Waals surface area contributed by atoms with E-state index in [0.717, 1.165) is 0 Å². The van der Waals surface area contributed by atoms with Gasteiger partial charge in [-0.3, -0.25) is 0 Å². The zero-order chi connectivity index (χ0) is 14.9. The maximum Gasteiger partial charge on any atom is 0.336 e. The zero-order valence-electron chi connectivity index (χ0n) is 11.8. The van der Waals surface area contributed by atoms with Gasteiger partial charge in [0.05, 0.1) is 17.9 Å². The van der Waals surface area contributed by atoms with Gasteiger partial charge in [-0.25, -0.2) is 4.79 Å². The quantitative estimate of drug-likeness (QED) is 0.693. The number of hydrogen-bond acceptors (Lipinski definition) is 6. The molecular weight excluding hydrogens is 262 g/mol. The molecule has 1 heterocycles. The van der Waals surface area contributed by atoms with E-state index in [1.165, 1.54) is 0 Å². The molecule has 0 bridgehead atoms. The van der Waals surface area contributed by atoms with Crippen LogP contribution in [0.1, 0.15) is 15.9 Å². The number of aromatic carboxylic acids is 1. The molecule has 1 aliphatic rings. The lowest BCUT2D eigenvalue weighted by atomic mass is 10.0. The Morgan fingerprint density at radius 3 is 2.80 bits per heavy atom.